The largest absolute Gasteiger partial charge is 0.379 e. The normalized spacial score (nSPS) is 19.0. The summed E-state index contributed by atoms with van der Waals surface area (Å²) in [6.07, 6.45) is 0. The maximum absolute atomic E-state index is 13.9. The minimum absolute atomic E-state index is 0.0472. The van der Waals surface area contributed by atoms with E-state index in [0.29, 0.717) is 6.54 Å². The number of ether oxygens (including phenoxy) is 1. The second kappa shape index (κ2) is 10.9. The Morgan fingerprint density at radius 2 is 1.66 bits per heavy atom. The monoisotopic (exact) mass is 440 g/mol. The van der Waals surface area contributed by atoms with Gasteiger partial charge in [-0.15, -0.1) is 0 Å². The molecule has 0 radical (unpaired) electrons. The standard InChI is InChI=1S/C25H33FN4O2/c1-20(18-29-14-16-32-17-15-29)25(31)27-22-6-8-23(9-7-22)30-12-10-28(11-13-30)19-21-4-2-3-5-24(21)26/h2-9,20H,10-19H2,1H3,(H,27,31). The number of nitrogens with one attached hydrogen (secondary N) is 1. The molecule has 2 aromatic rings. The molecule has 2 heterocycles. The lowest BCUT2D eigenvalue weighted by molar-refractivity contribution is -0.120. The number of carbonyl (C=O) groups excluding carboxylic acids is 1. The van der Waals surface area contributed by atoms with Crippen molar-refractivity contribution in [3.63, 3.8) is 0 Å². The van der Waals surface area contributed by atoms with Crippen LogP contribution in [0.15, 0.2) is 48.5 Å². The third kappa shape index (κ3) is 6.06. The molecule has 0 saturated carbocycles. The number of amides is 1. The van der Waals surface area contributed by atoms with Crippen molar-refractivity contribution in [1.29, 1.82) is 0 Å². The van der Waals surface area contributed by atoms with Crippen LogP contribution < -0.4 is 10.2 Å². The zero-order valence-corrected chi connectivity index (χ0v) is 18.8. The van der Waals surface area contributed by atoms with E-state index in [1.54, 1.807) is 6.07 Å². The van der Waals surface area contributed by atoms with Gasteiger partial charge < -0.3 is 15.0 Å². The number of hydrogen-bond acceptors (Lipinski definition) is 5. The number of rotatable bonds is 7. The Labute approximate surface area is 189 Å². The molecular weight excluding hydrogens is 407 g/mol. The molecule has 2 saturated heterocycles. The molecule has 2 fully saturated rings. The molecule has 172 valence electrons. The quantitative estimate of drug-likeness (QED) is 0.717. The first-order chi connectivity index (χ1) is 15.6. The predicted octanol–water partition coefficient (Wildman–Crippen LogP) is 3.05. The van der Waals surface area contributed by atoms with E-state index in [1.807, 2.05) is 31.2 Å². The number of hydrogen-bond donors (Lipinski definition) is 1. The molecule has 2 aliphatic rings. The smallest absolute Gasteiger partial charge is 0.228 e. The van der Waals surface area contributed by atoms with E-state index >= 15 is 0 Å². The summed E-state index contributed by atoms with van der Waals surface area (Å²) in [5.74, 6) is -0.159. The Balaban J connectivity index is 1.24. The van der Waals surface area contributed by atoms with Gasteiger partial charge in [-0.1, -0.05) is 25.1 Å². The molecule has 0 aromatic heterocycles. The Hall–Kier alpha value is -2.48. The van der Waals surface area contributed by atoms with E-state index < -0.39 is 0 Å². The fourth-order valence-corrected chi connectivity index (χ4v) is 4.31. The van der Waals surface area contributed by atoms with Gasteiger partial charge in [0.05, 0.1) is 13.2 Å². The average Bonchev–Trinajstić information content (AvgIpc) is 2.82. The maximum atomic E-state index is 13.9. The van der Waals surface area contributed by atoms with E-state index in [4.69, 9.17) is 4.74 Å². The van der Waals surface area contributed by atoms with Crippen LogP contribution in [0.1, 0.15) is 12.5 Å². The topological polar surface area (TPSA) is 48.1 Å². The van der Waals surface area contributed by atoms with E-state index in [-0.39, 0.29) is 17.6 Å². The lowest BCUT2D eigenvalue weighted by Gasteiger charge is -2.36. The molecule has 6 nitrogen and oxygen atoms in total. The van der Waals surface area contributed by atoms with Gasteiger partial charge in [0.1, 0.15) is 5.82 Å². The summed E-state index contributed by atoms with van der Waals surface area (Å²) in [5.41, 5.74) is 2.73. The van der Waals surface area contributed by atoms with Crippen LogP contribution in [0.2, 0.25) is 0 Å². The summed E-state index contributed by atoms with van der Waals surface area (Å²) in [4.78, 5) is 19.5. The molecule has 1 unspecified atom stereocenters. The second-order valence-corrected chi connectivity index (χ2v) is 8.70. The summed E-state index contributed by atoms with van der Waals surface area (Å²) in [6.45, 7) is 10.2. The molecule has 7 heteroatoms. The van der Waals surface area contributed by atoms with Crippen LogP contribution in [-0.4, -0.2) is 74.7 Å². The number of benzene rings is 2. The predicted molar refractivity (Wildman–Crippen MR) is 125 cm³/mol. The molecule has 2 aliphatic heterocycles. The molecule has 0 bridgehead atoms. The number of morpholine rings is 1. The van der Waals surface area contributed by atoms with Crippen LogP contribution in [0.4, 0.5) is 15.8 Å². The van der Waals surface area contributed by atoms with Gasteiger partial charge in [0.25, 0.3) is 0 Å². The first-order valence-electron chi connectivity index (χ1n) is 11.5. The minimum atomic E-state index is -0.133. The number of halogens is 1. The van der Waals surface area contributed by atoms with Gasteiger partial charge >= 0.3 is 0 Å². The summed E-state index contributed by atoms with van der Waals surface area (Å²) in [5, 5.41) is 3.04. The van der Waals surface area contributed by atoms with Gasteiger partial charge in [0.15, 0.2) is 0 Å². The number of nitrogens with zero attached hydrogens (tertiary/aromatic N) is 3. The van der Waals surface area contributed by atoms with Crippen molar-refractivity contribution in [2.24, 2.45) is 5.92 Å². The highest BCUT2D eigenvalue weighted by atomic mass is 19.1. The molecule has 0 spiro atoms. The molecule has 2 aromatic carbocycles. The van der Waals surface area contributed by atoms with Crippen molar-refractivity contribution in [2.75, 3.05) is 69.2 Å². The SMILES string of the molecule is CC(CN1CCOCC1)C(=O)Nc1ccc(N2CCN(Cc3ccccc3F)CC2)cc1. The maximum Gasteiger partial charge on any atom is 0.228 e. The summed E-state index contributed by atoms with van der Waals surface area (Å²) >= 11 is 0. The highest BCUT2D eigenvalue weighted by molar-refractivity contribution is 5.92. The van der Waals surface area contributed by atoms with Crippen molar-refractivity contribution in [3.05, 3.63) is 59.9 Å². The first-order valence-corrected chi connectivity index (χ1v) is 11.5. The van der Waals surface area contributed by atoms with Crippen molar-refractivity contribution in [1.82, 2.24) is 9.80 Å². The zero-order chi connectivity index (χ0) is 22.3. The lowest BCUT2D eigenvalue weighted by atomic mass is 10.1. The van der Waals surface area contributed by atoms with Crippen LogP contribution >= 0.6 is 0 Å². The van der Waals surface area contributed by atoms with E-state index in [2.05, 4.69) is 32.1 Å². The number of anilines is 2. The Morgan fingerprint density at radius 1 is 0.969 bits per heavy atom. The van der Waals surface area contributed by atoms with Gasteiger partial charge in [0.2, 0.25) is 5.91 Å². The molecule has 1 N–H and O–H groups in total. The van der Waals surface area contributed by atoms with Crippen LogP contribution in [0.5, 0.6) is 0 Å². The second-order valence-electron chi connectivity index (χ2n) is 8.70. The summed E-state index contributed by atoms with van der Waals surface area (Å²) in [6, 6.07) is 15.1. The summed E-state index contributed by atoms with van der Waals surface area (Å²) in [7, 11) is 0. The van der Waals surface area contributed by atoms with Crippen LogP contribution in [0.3, 0.4) is 0 Å². The molecule has 0 aliphatic carbocycles. The average molecular weight is 441 g/mol. The third-order valence-corrected chi connectivity index (χ3v) is 6.31. The lowest BCUT2D eigenvalue weighted by Crippen LogP contribution is -2.46. The number of piperazine rings is 1. The molecule has 4 rings (SSSR count). The Morgan fingerprint density at radius 3 is 2.34 bits per heavy atom. The van der Waals surface area contributed by atoms with Gasteiger partial charge in [-0.05, 0) is 30.3 Å². The van der Waals surface area contributed by atoms with Gasteiger partial charge in [-0.25, -0.2) is 4.39 Å². The minimum Gasteiger partial charge on any atom is -0.379 e. The van der Waals surface area contributed by atoms with Crippen molar-refractivity contribution in [3.8, 4) is 0 Å². The zero-order valence-electron chi connectivity index (χ0n) is 18.8. The fourth-order valence-electron chi connectivity index (χ4n) is 4.31. The van der Waals surface area contributed by atoms with Crippen LogP contribution in [0, 0.1) is 11.7 Å². The van der Waals surface area contributed by atoms with Gasteiger partial charge in [-0.3, -0.25) is 14.6 Å². The Kier molecular flexibility index (Phi) is 7.73. The first kappa shape index (κ1) is 22.7. The van der Waals surface area contributed by atoms with E-state index in [1.165, 1.54) is 6.07 Å². The van der Waals surface area contributed by atoms with E-state index in [9.17, 15) is 9.18 Å². The highest BCUT2D eigenvalue weighted by Gasteiger charge is 2.20. The van der Waals surface area contributed by atoms with Crippen LogP contribution in [-0.2, 0) is 16.1 Å². The van der Waals surface area contributed by atoms with Gasteiger partial charge in [0, 0.05) is 75.2 Å². The van der Waals surface area contributed by atoms with Crippen LogP contribution in [0.25, 0.3) is 0 Å². The molecule has 32 heavy (non-hydrogen) atoms. The molecular formula is C25H33FN4O2. The molecule has 1 amide bonds. The van der Waals surface area contributed by atoms with Crippen molar-refractivity contribution in [2.45, 2.75) is 13.5 Å². The fraction of sp³-hybridized carbons (Fsp3) is 0.480. The molecule has 1 atom stereocenters. The van der Waals surface area contributed by atoms with Gasteiger partial charge in [-0.2, -0.15) is 0 Å². The van der Waals surface area contributed by atoms with Crippen molar-refractivity contribution >= 4 is 17.3 Å². The van der Waals surface area contributed by atoms with Crippen molar-refractivity contribution < 1.29 is 13.9 Å². The highest BCUT2D eigenvalue weighted by Crippen LogP contribution is 2.21. The summed E-state index contributed by atoms with van der Waals surface area (Å²) < 4.78 is 19.3. The third-order valence-electron chi connectivity index (χ3n) is 6.31. The Bertz CT molecular complexity index is 878. The number of carbonyl (C=O) groups is 1. The van der Waals surface area contributed by atoms with E-state index in [0.717, 1.165) is 76.0 Å².